The van der Waals surface area contributed by atoms with Gasteiger partial charge in [0, 0.05) is 37.4 Å². The lowest BCUT2D eigenvalue weighted by molar-refractivity contribution is 0.0885. The molecule has 1 aromatic heterocycles. The van der Waals surface area contributed by atoms with E-state index in [4.69, 9.17) is 21.7 Å². The average molecular weight is 430 g/mol. The lowest BCUT2D eigenvalue weighted by Crippen LogP contribution is -2.45. The van der Waals surface area contributed by atoms with Crippen LogP contribution in [0.3, 0.4) is 0 Å². The first-order valence-corrected chi connectivity index (χ1v) is 11.3. The first-order valence-electron chi connectivity index (χ1n) is 10.9. The number of aromatic nitrogens is 1. The number of benzene rings is 1. The van der Waals surface area contributed by atoms with Crippen LogP contribution in [-0.4, -0.2) is 53.5 Å². The molecule has 2 fully saturated rings. The Balaban J connectivity index is 1.53. The molecular weight excluding hydrogens is 398 g/mol. The van der Waals surface area contributed by atoms with Crippen molar-refractivity contribution in [1.29, 1.82) is 0 Å². The Labute approximate surface area is 182 Å². The van der Waals surface area contributed by atoms with E-state index in [1.54, 1.807) is 0 Å². The van der Waals surface area contributed by atoms with Gasteiger partial charge in [-0.1, -0.05) is 0 Å². The van der Waals surface area contributed by atoms with Crippen molar-refractivity contribution >= 4 is 28.2 Å². The predicted octanol–water partition coefficient (Wildman–Crippen LogP) is 3.18. The highest BCUT2D eigenvalue weighted by Gasteiger charge is 2.23. The number of nitrogens with zero attached hydrogens (tertiary/aromatic N) is 1. The van der Waals surface area contributed by atoms with E-state index in [1.165, 1.54) is 11.1 Å². The van der Waals surface area contributed by atoms with Gasteiger partial charge in [0.2, 0.25) is 0 Å². The van der Waals surface area contributed by atoms with Crippen LogP contribution < -0.4 is 10.9 Å². The lowest BCUT2D eigenvalue weighted by Gasteiger charge is -2.28. The molecule has 0 spiro atoms. The molecule has 30 heavy (non-hydrogen) atoms. The summed E-state index contributed by atoms with van der Waals surface area (Å²) in [5.74, 6) is 0. The van der Waals surface area contributed by atoms with E-state index in [-0.39, 0.29) is 17.8 Å². The molecule has 2 saturated heterocycles. The molecule has 2 atom stereocenters. The zero-order valence-electron chi connectivity index (χ0n) is 17.8. The number of thiocarbonyl (C=S) groups is 1. The summed E-state index contributed by atoms with van der Waals surface area (Å²) in [5, 5.41) is 5.05. The van der Waals surface area contributed by atoms with Crippen LogP contribution in [0.5, 0.6) is 0 Å². The third-order valence-corrected chi connectivity index (χ3v) is 6.54. The van der Waals surface area contributed by atoms with Gasteiger partial charge < -0.3 is 24.7 Å². The van der Waals surface area contributed by atoms with Crippen LogP contribution in [0.4, 0.5) is 0 Å². The zero-order chi connectivity index (χ0) is 21.1. The van der Waals surface area contributed by atoms with Gasteiger partial charge in [-0.3, -0.25) is 4.79 Å². The number of aryl methyl sites for hydroxylation is 2. The summed E-state index contributed by atoms with van der Waals surface area (Å²) >= 11 is 5.71. The third-order valence-electron chi connectivity index (χ3n) is 6.14. The highest BCUT2D eigenvalue weighted by atomic mass is 32.1. The largest absolute Gasteiger partial charge is 0.376 e. The highest BCUT2D eigenvalue weighted by Crippen LogP contribution is 2.19. The minimum atomic E-state index is -0.0648. The average Bonchev–Trinajstić information content (AvgIpc) is 3.42. The van der Waals surface area contributed by atoms with Crippen molar-refractivity contribution in [3.8, 4) is 0 Å². The minimum Gasteiger partial charge on any atom is -0.376 e. The van der Waals surface area contributed by atoms with Crippen LogP contribution in [0, 0.1) is 13.8 Å². The number of aromatic amines is 1. The molecule has 2 aliphatic heterocycles. The van der Waals surface area contributed by atoms with E-state index in [2.05, 4.69) is 35.1 Å². The fourth-order valence-corrected chi connectivity index (χ4v) is 4.44. The smallest absolute Gasteiger partial charge is 0.253 e. The second kappa shape index (κ2) is 9.45. The van der Waals surface area contributed by atoms with Crippen molar-refractivity contribution in [2.75, 3.05) is 26.3 Å². The van der Waals surface area contributed by atoms with Crippen LogP contribution in [0.1, 0.15) is 42.4 Å². The van der Waals surface area contributed by atoms with Crippen molar-refractivity contribution in [1.82, 2.24) is 15.2 Å². The van der Waals surface area contributed by atoms with Gasteiger partial charge >= 0.3 is 0 Å². The highest BCUT2D eigenvalue weighted by molar-refractivity contribution is 7.80. The summed E-state index contributed by atoms with van der Waals surface area (Å²) in [4.78, 5) is 17.9. The molecule has 6 nitrogen and oxygen atoms in total. The molecule has 2 aliphatic rings. The maximum atomic E-state index is 12.8. The standard InChI is InChI=1S/C23H31N3O3S/c1-15-9-17-11-18(22(27)25-21(17)10-16(15)2)13-26(14-20-6-4-8-29-20)23(30)24-12-19-5-3-7-28-19/h9-11,19-20H,3-8,12-14H2,1-2H3,(H,24,30)(H,25,27)/t19-,20-/m0/s1. The summed E-state index contributed by atoms with van der Waals surface area (Å²) < 4.78 is 11.5. The van der Waals surface area contributed by atoms with Gasteiger partial charge in [0.25, 0.3) is 5.56 Å². The van der Waals surface area contributed by atoms with E-state index in [9.17, 15) is 4.79 Å². The molecule has 0 bridgehead atoms. The first kappa shape index (κ1) is 21.3. The molecule has 3 heterocycles. The summed E-state index contributed by atoms with van der Waals surface area (Å²) in [6, 6.07) is 6.15. The number of fused-ring (bicyclic) bond motifs is 1. The summed E-state index contributed by atoms with van der Waals surface area (Å²) in [5.41, 5.74) is 3.91. The van der Waals surface area contributed by atoms with Gasteiger partial charge in [-0.2, -0.15) is 0 Å². The molecule has 1 aromatic carbocycles. The molecule has 0 saturated carbocycles. The van der Waals surface area contributed by atoms with E-state index in [1.807, 2.05) is 12.1 Å². The van der Waals surface area contributed by atoms with E-state index in [0.717, 1.165) is 49.8 Å². The van der Waals surface area contributed by atoms with E-state index < -0.39 is 0 Å². The maximum absolute atomic E-state index is 12.8. The van der Waals surface area contributed by atoms with Crippen LogP contribution in [-0.2, 0) is 16.0 Å². The van der Waals surface area contributed by atoms with Crippen LogP contribution in [0.2, 0.25) is 0 Å². The number of ether oxygens (including phenoxy) is 2. The molecule has 4 rings (SSSR count). The maximum Gasteiger partial charge on any atom is 0.253 e. The minimum absolute atomic E-state index is 0.0648. The Bertz CT molecular complexity index is 962. The Hall–Kier alpha value is -1.96. The Kier molecular flexibility index (Phi) is 6.71. The SMILES string of the molecule is Cc1cc2cc(CN(C[C@@H]3CCCO3)C(=S)NC[C@@H]3CCCO3)c(=O)[nH]c2cc1C. The topological polar surface area (TPSA) is 66.6 Å². The molecular formula is C23H31N3O3S. The fraction of sp³-hybridized carbons (Fsp3) is 0.565. The third kappa shape index (κ3) is 5.02. The van der Waals surface area contributed by atoms with Gasteiger partial charge in [0.15, 0.2) is 5.11 Å². The van der Waals surface area contributed by atoms with Crippen LogP contribution >= 0.6 is 12.2 Å². The molecule has 162 valence electrons. The number of H-pyrrole nitrogens is 1. The molecule has 0 aliphatic carbocycles. The van der Waals surface area contributed by atoms with Crippen molar-refractivity contribution in [3.63, 3.8) is 0 Å². The quantitative estimate of drug-likeness (QED) is 0.688. The van der Waals surface area contributed by atoms with Crippen molar-refractivity contribution < 1.29 is 9.47 Å². The zero-order valence-corrected chi connectivity index (χ0v) is 18.6. The number of hydrogen-bond donors (Lipinski definition) is 2. The fourth-order valence-electron chi connectivity index (χ4n) is 4.22. The normalized spacial score (nSPS) is 21.3. The van der Waals surface area contributed by atoms with Crippen molar-refractivity contribution in [2.24, 2.45) is 0 Å². The summed E-state index contributed by atoms with van der Waals surface area (Å²) in [6.45, 7) is 7.61. The van der Waals surface area contributed by atoms with Gasteiger partial charge in [-0.05, 0) is 86.5 Å². The molecule has 2 N–H and O–H groups in total. The monoisotopic (exact) mass is 429 g/mol. The Morgan fingerprint density at radius 1 is 1.13 bits per heavy atom. The Morgan fingerprint density at radius 3 is 2.53 bits per heavy atom. The predicted molar refractivity (Wildman–Crippen MR) is 123 cm³/mol. The van der Waals surface area contributed by atoms with Crippen LogP contribution in [0.25, 0.3) is 10.9 Å². The first-order chi connectivity index (χ1) is 14.5. The van der Waals surface area contributed by atoms with E-state index in [0.29, 0.717) is 30.3 Å². The second-order valence-corrected chi connectivity index (χ2v) is 8.87. The van der Waals surface area contributed by atoms with Gasteiger partial charge in [0.05, 0.1) is 18.8 Å². The molecule has 2 aromatic rings. The molecule has 7 heteroatoms. The molecule has 0 amide bonds. The van der Waals surface area contributed by atoms with Crippen molar-refractivity contribution in [3.05, 3.63) is 45.2 Å². The van der Waals surface area contributed by atoms with E-state index >= 15 is 0 Å². The van der Waals surface area contributed by atoms with Crippen molar-refractivity contribution in [2.45, 2.75) is 58.3 Å². The lowest BCUT2D eigenvalue weighted by atomic mass is 10.0. The summed E-state index contributed by atoms with van der Waals surface area (Å²) in [6.07, 6.45) is 4.62. The molecule has 0 radical (unpaired) electrons. The van der Waals surface area contributed by atoms with Gasteiger partial charge in [-0.15, -0.1) is 0 Å². The van der Waals surface area contributed by atoms with Gasteiger partial charge in [-0.25, -0.2) is 0 Å². The Morgan fingerprint density at radius 2 is 1.83 bits per heavy atom. The number of hydrogen-bond acceptors (Lipinski definition) is 4. The number of nitrogens with one attached hydrogen (secondary N) is 2. The molecule has 0 unspecified atom stereocenters. The second-order valence-electron chi connectivity index (χ2n) is 8.48. The number of pyridine rings is 1. The van der Waals surface area contributed by atoms with Gasteiger partial charge in [0.1, 0.15) is 0 Å². The number of rotatable bonds is 6. The summed E-state index contributed by atoms with van der Waals surface area (Å²) in [7, 11) is 0. The van der Waals surface area contributed by atoms with Crippen LogP contribution in [0.15, 0.2) is 23.0 Å².